The van der Waals surface area contributed by atoms with E-state index in [0.29, 0.717) is 18.2 Å². The van der Waals surface area contributed by atoms with Crippen LogP contribution in [0.5, 0.6) is 5.75 Å². The van der Waals surface area contributed by atoms with E-state index in [-0.39, 0.29) is 23.2 Å². The molecule has 1 N–H and O–H groups in total. The summed E-state index contributed by atoms with van der Waals surface area (Å²) in [5, 5.41) is 13.3. The molecule has 0 saturated carbocycles. The fraction of sp³-hybridized carbons (Fsp3) is 0.500. The average Bonchev–Trinajstić information content (AvgIpc) is 2.40. The van der Waals surface area contributed by atoms with Gasteiger partial charge in [-0.1, -0.05) is 25.4 Å². The van der Waals surface area contributed by atoms with Crippen LogP contribution in [0.25, 0.3) is 0 Å². The van der Waals surface area contributed by atoms with Gasteiger partial charge in [-0.15, -0.1) is 0 Å². The number of carbonyl (C=O) groups excluding carboxylic acids is 1. The van der Waals surface area contributed by atoms with Crippen molar-refractivity contribution in [2.45, 2.75) is 26.7 Å². The maximum Gasteiger partial charge on any atom is 0.288 e. The van der Waals surface area contributed by atoms with Crippen LogP contribution < -0.4 is 10.1 Å². The third-order valence-corrected chi connectivity index (χ3v) is 3.07. The van der Waals surface area contributed by atoms with Crippen molar-refractivity contribution in [3.8, 4) is 5.75 Å². The molecular formula is C14H19ClN2O4. The quantitative estimate of drug-likeness (QED) is 0.454. The van der Waals surface area contributed by atoms with Gasteiger partial charge in [0.2, 0.25) is 0 Å². The maximum absolute atomic E-state index is 11.5. The Hall–Kier alpha value is -1.82. The Bertz CT molecular complexity index is 506. The van der Waals surface area contributed by atoms with Crippen molar-refractivity contribution < 1.29 is 14.5 Å². The maximum atomic E-state index is 11.5. The largest absolute Gasteiger partial charge is 0.484 e. The Labute approximate surface area is 128 Å². The first-order valence-electron chi connectivity index (χ1n) is 6.73. The van der Waals surface area contributed by atoms with Crippen LogP contribution in [0.2, 0.25) is 5.02 Å². The average molecular weight is 315 g/mol. The summed E-state index contributed by atoms with van der Waals surface area (Å²) >= 11 is 5.75. The van der Waals surface area contributed by atoms with Crippen molar-refractivity contribution >= 4 is 23.2 Å². The molecule has 0 aliphatic carbocycles. The summed E-state index contributed by atoms with van der Waals surface area (Å²) in [5.74, 6) is 0.705. The Morgan fingerprint density at radius 1 is 1.48 bits per heavy atom. The molecule has 1 amide bonds. The summed E-state index contributed by atoms with van der Waals surface area (Å²) in [5.41, 5.74) is -0.192. The van der Waals surface area contributed by atoms with Crippen molar-refractivity contribution in [3.63, 3.8) is 0 Å². The molecule has 0 saturated heterocycles. The van der Waals surface area contributed by atoms with Gasteiger partial charge in [0, 0.05) is 18.7 Å². The number of hydrogen-bond donors (Lipinski definition) is 1. The zero-order chi connectivity index (χ0) is 15.8. The van der Waals surface area contributed by atoms with E-state index in [2.05, 4.69) is 19.2 Å². The molecule has 7 heteroatoms. The lowest BCUT2D eigenvalue weighted by atomic mass is 10.1. The molecule has 1 aromatic carbocycles. The van der Waals surface area contributed by atoms with Crippen LogP contribution in [0, 0.1) is 16.0 Å². The number of hydrogen-bond acceptors (Lipinski definition) is 4. The Morgan fingerprint density at radius 3 is 2.76 bits per heavy atom. The number of halogens is 1. The van der Waals surface area contributed by atoms with Crippen molar-refractivity contribution in [2.75, 3.05) is 13.2 Å². The minimum Gasteiger partial charge on any atom is -0.484 e. The fourth-order valence-corrected chi connectivity index (χ4v) is 1.90. The standard InChI is InChI=1S/C14H19ClN2O4/c1-10(2)4-3-7-16-14(18)9-21-11-5-6-13(17(19)20)12(15)8-11/h5-6,8,10H,3-4,7,9H2,1-2H3,(H,16,18). The number of rotatable bonds is 8. The number of benzene rings is 1. The van der Waals surface area contributed by atoms with Gasteiger partial charge in [-0.2, -0.15) is 0 Å². The van der Waals surface area contributed by atoms with Crippen LogP contribution in [0.15, 0.2) is 18.2 Å². The van der Waals surface area contributed by atoms with Crippen molar-refractivity contribution in [2.24, 2.45) is 5.92 Å². The fourth-order valence-electron chi connectivity index (χ4n) is 1.66. The molecule has 0 aromatic heterocycles. The molecule has 0 unspecified atom stereocenters. The second-order valence-corrected chi connectivity index (χ2v) is 5.45. The van der Waals surface area contributed by atoms with Gasteiger partial charge in [0.15, 0.2) is 6.61 Å². The van der Waals surface area contributed by atoms with Crippen molar-refractivity contribution in [1.29, 1.82) is 0 Å². The minimum absolute atomic E-state index is 0.0187. The highest BCUT2D eigenvalue weighted by Gasteiger charge is 2.13. The van der Waals surface area contributed by atoms with Crippen LogP contribution in [0.3, 0.4) is 0 Å². The molecule has 0 heterocycles. The van der Waals surface area contributed by atoms with Gasteiger partial charge in [-0.05, 0) is 24.8 Å². The lowest BCUT2D eigenvalue weighted by Crippen LogP contribution is -2.29. The predicted molar refractivity (Wildman–Crippen MR) is 80.7 cm³/mol. The predicted octanol–water partition coefficient (Wildman–Crippen LogP) is 3.18. The topological polar surface area (TPSA) is 81.5 Å². The van der Waals surface area contributed by atoms with Crippen molar-refractivity contribution in [3.05, 3.63) is 33.3 Å². The number of nitrogens with zero attached hydrogens (tertiary/aromatic N) is 1. The molecule has 1 aromatic rings. The monoisotopic (exact) mass is 314 g/mol. The first-order chi connectivity index (χ1) is 9.90. The number of nitro benzene ring substituents is 1. The molecule has 116 valence electrons. The van der Waals surface area contributed by atoms with Crippen LogP contribution in [-0.4, -0.2) is 24.0 Å². The second-order valence-electron chi connectivity index (χ2n) is 5.05. The third kappa shape index (κ3) is 6.44. The number of nitro groups is 1. The van der Waals surface area contributed by atoms with Gasteiger partial charge in [0.25, 0.3) is 11.6 Å². The number of carbonyl (C=O) groups is 1. The van der Waals surface area contributed by atoms with E-state index in [1.54, 1.807) is 0 Å². The van der Waals surface area contributed by atoms with Crippen LogP contribution >= 0.6 is 11.6 Å². The number of ether oxygens (including phenoxy) is 1. The lowest BCUT2D eigenvalue weighted by molar-refractivity contribution is -0.384. The molecule has 0 spiro atoms. The molecule has 6 nitrogen and oxygen atoms in total. The van der Waals surface area contributed by atoms with E-state index in [0.717, 1.165) is 12.8 Å². The number of amides is 1. The van der Waals surface area contributed by atoms with E-state index in [1.165, 1.54) is 18.2 Å². The van der Waals surface area contributed by atoms with Gasteiger partial charge >= 0.3 is 0 Å². The molecule has 0 aliphatic heterocycles. The first-order valence-corrected chi connectivity index (χ1v) is 7.11. The van der Waals surface area contributed by atoms with Crippen LogP contribution in [0.4, 0.5) is 5.69 Å². The van der Waals surface area contributed by atoms with Gasteiger partial charge in [0.05, 0.1) is 4.92 Å². The van der Waals surface area contributed by atoms with E-state index >= 15 is 0 Å². The summed E-state index contributed by atoms with van der Waals surface area (Å²) in [6.45, 7) is 4.73. The summed E-state index contributed by atoms with van der Waals surface area (Å²) in [4.78, 5) is 21.6. The molecule has 0 atom stereocenters. The smallest absolute Gasteiger partial charge is 0.288 e. The van der Waals surface area contributed by atoms with E-state index in [1.807, 2.05) is 0 Å². The zero-order valence-electron chi connectivity index (χ0n) is 12.1. The first kappa shape index (κ1) is 17.2. The summed E-state index contributed by atoms with van der Waals surface area (Å²) in [6, 6.07) is 3.99. The van der Waals surface area contributed by atoms with E-state index < -0.39 is 4.92 Å². The minimum atomic E-state index is -0.576. The highest BCUT2D eigenvalue weighted by molar-refractivity contribution is 6.32. The van der Waals surface area contributed by atoms with Crippen molar-refractivity contribution in [1.82, 2.24) is 5.32 Å². The second kappa shape index (κ2) is 8.46. The molecule has 0 fully saturated rings. The summed E-state index contributed by atoms with van der Waals surface area (Å²) in [6.07, 6.45) is 1.98. The van der Waals surface area contributed by atoms with E-state index in [9.17, 15) is 14.9 Å². The van der Waals surface area contributed by atoms with E-state index in [4.69, 9.17) is 16.3 Å². The Balaban J connectivity index is 2.36. The zero-order valence-corrected chi connectivity index (χ0v) is 12.9. The molecular weight excluding hydrogens is 296 g/mol. The Kier molecular flexibility index (Phi) is 6.94. The van der Waals surface area contributed by atoms with Gasteiger partial charge < -0.3 is 10.1 Å². The van der Waals surface area contributed by atoms with Gasteiger partial charge in [-0.25, -0.2) is 0 Å². The SMILES string of the molecule is CC(C)CCCNC(=O)COc1ccc([N+](=O)[O-])c(Cl)c1. The third-order valence-electron chi connectivity index (χ3n) is 2.77. The molecule has 1 rings (SSSR count). The van der Waals surface area contributed by atoms with Crippen LogP contribution in [0.1, 0.15) is 26.7 Å². The van der Waals surface area contributed by atoms with Gasteiger partial charge in [0.1, 0.15) is 10.8 Å². The normalized spacial score (nSPS) is 10.5. The Morgan fingerprint density at radius 2 is 2.19 bits per heavy atom. The molecule has 21 heavy (non-hydrogen) atoms. The van der Waals surface area contributed by atoms with Gasteiger partial charge in [-0.3, -0.25) is 14.9 Å². The molecule has 0 radical (unpaired) electrons. The van der Waals surface area contributed by atoms with Crippen LogP contribution in [-0.2, 0) is 4.79 Å². The highest BCUT2D eigenvalue weighted by Crippen LogP contribution is 2.28. The molecule has 0 bridgehead atoms. The lowest BCUT2D eigenvalue weighted by Gasteiger charge is -2.08. The molecule has 0 aliphatic rings. The summed E-state index contributed by atoms with van der Waals surface area (Å²) in [7, 11) is 0. The highest BCUT2D eigenvalue weighted by atomic mass is 35.5. The summed E-state index contributed by atoms with van der Waals surface area (Å²) < 4.78 is 5.24. The number of nitrogens with one attached hydrogen (secondary N) is 1.